The monoisotopic (exact) mass is 578 g/mol. The van der Waals surface area contributed by atoms with Gasteiger partial charge in [0.1, 0.15) is 6.10 Å². The highest BCUT2D eigenvalue weighted by Crippen LogP contribution is 2.19. The molecule has 4 N–H and O–H groups in total. The third kappa shape index (κ3) is 22.2. The summed E-state index contributed by atoms with van der Waals surface area (Å²) in [5, 5.41) is 24.3. The second kappa shape index (κ2) is 25.4. The molecular formula is C31H50N2O6S. The van der Waals surface area contributed by atoms with Crippen LogP contribution < -0.4 is 10.6 Å². The van der Waals surface area contributed by atoms with Crippen LogP contribution in [0, 0.1) is 5.41 Å². The topological polar surface area (TPSA) is 125 Å². The maximum atomic E-state index is 11.9. The van der Waals surface area contributed by atoms with Gasteiger partial charge in [0.15, 0.2) is 0 Å². The van der Waals surface area contributed by atoms with Gasteiger partial charge in [-0.2, -0.15) is 0 Å². The standard InChI is InChI=1S/C31H50N2O6S/c1-4-5-6-7-8-9-10-11-12-13-14-15-16-17-18-19-20-21-28(36)39-40-25-24-32-27(35)22-23-33-30(38)29(37)31(2,3)26-34/h5-6,8-9,11-12,14-15,17-18,29,34,37H,4,7,10,13,16,19-26H2,1-3H3,(H,32,35)(H,33,38). The van der Waals surface area contributed by atoms with Gasteiger partial charge in [0.05, 0.1) is 18.6 Å². The molecule has 0 aromatic heterocycles. The van der Waals surface area contributed by atoms with Gasteiger partial charge < -0.3 is 25.0 Å². The van der Waals surface area contributed by atoms with Crippen LogP contribution in [0.5, 0.6) is 0 Å². The zero-order valence-electron chi connectivity index (χ0n) is 24.5. The first-order valence-electron chi connectivity index (χ1n) is 14.1. The van der Waals surface area contributed by atoms with E-state index in [1.54, 1.807) is 13.8 Å². The molecule has 0 saturated carbocycles. The first-order chi connectivity index (χ1) is 19.2. The lowest BCUT2D eigenvalue weighted by Crippen LogP contribution is -2.46. The number of hydrogen-bond acceptors (Lipinski definition) is 7. The predicted molar refractivity (Wildman–Crippen MR) is 164 cm³/mol. The Morgan fingerprint density at radius 2 is 1.38 bits per heavy atom. The summed E-state index contributed by atoms with van der Waals surface area (Å²) in [6.07, 6.45) is 26.9. The Morgan fingerprint density at radius 3 is 1.93 bits per heavy atom. The minimum Gasteiger partial charge on any atom is -0.396 e. The molecule has 2 amide bonds. The number of hydrogen-bond donors (Lipinski definition) is 4. The van der Waals surface area contributed by atoms with Gasteiger partial charge in [-0.3, -0.25) is 14.4 Å². The van der Waals surface area contributed by atoms with Gasteiger partial charge in [0.2, 0.25) is 11.8 Å². The molecule has 0 rings (SSSR count). The first kappa shape index (κ1) is 37.4. The van der Waals surface area contributed by atoms with Crippen molar-refractivity contribution in [3.63, 3.8) is 0 Å². The molecular weight excluding hydrogens is 528 g/mol. The predicted octanol–water partition coefficient (Wildman–Crippen LogP) is 5.10. The van der Waals surface area contributed by atoms with Gasteiger partial charge in [0, 0.05) is 37.1 Å². The first-order valence-corrected chi connectivity index (χ1v) is 15.1. The molecule has 0 aromatic carbocycles. The Kier molecular flexibility index (Phi) is 23.7. The summed E-state index contributed by atoms with van der Waals surface area (Å²) in [7, 11) is 0. The van der Waals surface area contributed by atoms with Crippen molar-refractivity contribution in [1.29, 1.82) is 0 Å². The Hall–Kier alpha value is -2.62. The molecule has 1 unspecified atom stereocenters. The van der Waals surface area contributed by atoms with E-state index < -0.39 is 17.4 Å². The number of rotatable bonds is 23. The highest BCUT2D eigenvalue weighted by molar-refractivity contribution is 7.95. The van der Waals surface area contributed by atoms with Crippen LogP contribution in [0.2, 0.25) is 0 Å². The second-order valence-corrected chi connectivity index (χ2v) is 10.6. The van der Waals surface area contributed by atoms with Crippen LogP contribution in [-0.4, -0.2) is 59.5 Å². The molecule has 0 aliphatic heterocycles. The summed E-state index contributed by atoms with van der Waals surface area (Å²) in [6.45, 7) is 5.33. The second-order valence-electron chi connectivity index (χ2n) is 9.82. The van der Waals surface area contributed by atoms with E-state index in [-0.39, 0.29) is 31.4 Å². The van der Waals surface area contributed by atoms with E-state index in [0.717, 1.165) is 57.0 Å². The lowest BCUT2D eigenvalue weighted by molar-refractivity contribution is -0.137. The maximum Gasteiger partial charge on any atom is 0.317 e. The van der Waals surface area contributed by atoms with E-state index >= 15 is 0 Å². The molecule has 0 saturated heterocycles. The van der Waals surface area contributed by atoms with Crippen LogP contribution in [-0.2, 0) is 18.6 Å². The molecule has 226 valence electrons. The minimum absolute atomic E-state index is 0.0538. The van der Waals surface area contributed by atoms with Crippen molar-refractivity contribution in [1.82, 2.24) is 10.6 Å². The van der Waals surface area contributed by atoms with Crippen molar-refractivity contribution in [2.45, 2.75) is 84.7 Å². The number of aliphatic hydroxyl groups is 2. The van der Waals surface area contributed by atoms with Crippen molar-refractivity contribution < 1.29 is 28.8 Å². The Balaban J connectivity index is 3.68. The van der Waals surface area contributed by atoms with Crippen molar-refractivity contribution in [3.8, 4) is 0 Å². The Labute approximate surface area is 245 Å². The molecule has 0 bridgehead atoms. The van der Waals surface area contributed by atoms with E-state index in [4.69, 9.17) is 4.18 Å². The molecule has 0 aliphatic carbocycles. The Morgan fingerprint density at radius 1 is 0.825 bits per heavy atom. The largest absolute Gasteiger partial charge is 0.396 e. The van der Waals surface area contributed by atoms with Crippen LogP contribution in [0.3, 0.4) is 0 Å². The maximum absolute atomic E-state index is 11.9. The van der Waals surface area contributed by atoms with Crippen LogP contribution in [0.25, 0.3) is 0 Å². The molecule has 40 heavy (non-hydrogen) atoms. The van der Waals surface area contributed by atoms with Crippen molar-refractivity contribution in [2.75, 3.05) is 25.4 Å². The number of aliphatic hydroxyl groups excluding tert-OH is 2. The van der Waals surface area contributed by atoms with Gasteiger partial charge in [0.25, 0.3) is 0 Å². The van der Waals surface area contributed by atoms with E-state index in [2.05, 4.69) is 78.3 Å². The summed E-state index contributed by atoms with van der Waals surface area (Å²) in [4.78, 5) is 35.5. The number of unbranched alkanes of at least 4 members (excludes halogenated alkanes) is 1. The molecule has 0 spiro atoms. The molecule has 8 nitrogen and oxygen atoms in total. The van der Waals surface area contributed by atoms with E-state index in [1.807, 2.05) is 0 Å². The highest BCUT2D eigenvalue weighted by Gasteiger charge is 2.32. The van der Waals surface area contributed by atoms with Crippen LogP contribution in [0.15, 0.2) is 60.8 Å². The normalized spacial score (nSPS) is 13.2. The van der Waals surface area contributed by atoms with Crippen molar-refractivity contribution in [3.05, 3.63) is 60.8 Å². The smallest absolute Gasteiger partial charge is 0.317 e. The number of allylic oxidation sites excluding steroid dienone is 10. The lowest BCUT2D eigenvalue weighted by atomic mass is 9.87. The fourth-order valence-electron chi connectivity index (χ4n) is 3.04. The van der Waals surface area contributed by atoms with Crippen molar-refractivity contribution >= 4 is 29.8 Å². The van der Waals surface area contributed by atoms with Crippen LogP contribution in [0.1, 0.15) is 78.6 Å². The van der Waals surface area contributed by atoms with E-state index in [9.17, 15) is 24.6 Å². The molecule has 0 radical (unpaired) electrons. The third-order valence-corrected chi connectivity index (χ3v) is 6.29. The van der Waals surface area contributed by atoms with Crippen LogP contribution in [0.4, 0.5) is 0 Å². The van der Waals surface area contributed by atoms with Gasteiger partial charge in [-0.15, -0.1) is 0 Å². The van der Waals surface area contributed by atoms with Gasteiger partial charge in [-0.05, 0) is 44.9 Å². The van der Waals surface area contributed by atoms with Gasteiger partial charge in [-0.1, -0.05) is 81.5 Å². The SMILES string of the molecule is CCC=CCC=CCC=CCC=CCC=CCCCC(=O)OSCCNC(=O)CCNC(=O)C(O)C(C)(C)CO. The van der Waals surface area contributed by atoms with E-state index in [1.165, 1.54) is 0 Å². The number of carbonyl (C=O) groups is 3. The quantitative estimate of drug-likeness (QED) is 0.0755. The van der Waals surface area contributed by atoms with Gasteiger partial charge in [-0.25, -0.2) is 0 Å². The number of amides is 2. The average Bonchev–Trinajstić information content (AvgIpc) is 2.93. The fraction of sp³-hybridized carbons (Fsp3) is 0.581. The van der Waals surface area contributed by atoms with Gasteiger partial charge >= 0.3 is 5.97 Å². The van der Waals surface area contributed by atoms with Crippen molar-refractivity contribution in [2.24, 2.45) is 5.41 Å². The molecule has 0 aliphatic rings. The summed E-state index contributed by atoms with van der Waals surface area (Å²) >= 11 is 1.00. The summed E-state index contributed by atoms with van der Waals surface area (Å²) in [5.41, 5.74) is -0.962. The molecule has 1 atom stereocenters. The molecule has 0 fully saturated rings. The summed E-state index contributed by atoms with van der Waals surface area (Å²) in [6, 6.07) is 0. The molecule has 9 heteroatoms. The van der Waals surface area contributed by atoms with Crippen LogP contribution >= 0.6 is 12.0 Å². The summed E-state index contributed by atoms with van der Waals surface area (Å²) < 4.78 is 5.11. The lowest BCUT2D eigenvalue weighted by Gasteiger charge is -2.27. The molecule has 0 aromatic rings. The zero-order chi connectivity index (χ0) is 29.9. The average molecular weight is 579 g/mol. The number of carbonyl (C=O) groups excluding carboxylic acids is 3. The summed E-state index contributed by atoms with van der Waals surface area (Å²) in [5.74, 6) is -0.756. The zero-order valence-corrected chi connectivity index (χ0v) is 25.3. The van der Waals surface area contributed by atoms with E-state index in [0.29, 0.717) is 18.7 Å². The molecule has 0 heterocycles. The Bertz CT molecular complexity index is 849. The number of nitrogens with one attached hydrogen (secondary N) is 2. The third-order valence-electron chi connectivity index (χ3n) is 5.62. The minimum atomic E-state index is -1.36. The fourth-order valence-corrected chi connectivity index (χ4v) is 3.52. The highest BCUT2D eigenvalue weighted by atomic mass is 32.2.